The van der Waals surface area contributed by atoms with Crippen LogP contribution in [0.3, 0.4) is 0 Å². The topological polar surface area (TPSA) is 32.5 Å². The first-order chi connectivity index (χ1) is 9.24. The van der Waals surface area contributed by atoms with Crippen LogP contribution in [-0.2, 0) is 0 Å². The number of para-hydroxylation sites is 2. The molecule has 4 nitrogen and oxygen atoms in total. The van der Waals surface area contributed by atoms with Gasteiger partial charge in [-0.2, -0.15) is 4.98 Å². The van der Waals surface area contributed by atoms with Crippen LogP contribution in [0.2, 0.25) is 0 Å². The van der Waals surface area contributed by atoms with Crippen molar-refractivity contribution in [1.29, 1.82) is 0 Å². The lowest BCUT2D eigenvalue weighted by atomic mass is 10.1. The van der Waals surface area contributed by atoms with Gasteiger partial charge in [-0.15, -0.1) is 0 Å². The van der Waals surface area contributed by atoms with Crippen LogP contribution in [0.25, 0.3) is 11.1 Å². The van der Waals surface area contributed by atoms with E-state index in [9.17, 15) is 0 Å². The van der Waals surface area contributed by atoms with Crippen LogP contribution >= 0.6 is 0 Å². The van der Waals surface area contributed by atoms with Crippen molar-refractivity contribution in [2.24, 2.45) is 0 Å². The van der Waals surface area contributed by atoms with E-state index in [0.29, 0.717) is 6.04 Å². The number of aromatic nitrogens is 1. The Morgan fingerprint density at radius 2 is 2.11 bits per heavy atom. The zero-order chi connectivity index (χ0) is 13.2. The molecular weight excluding hydrogens is 238 g/mol. The Balaban J connectivity index is 1.86. The lowest BCUT2D eigenvalue weighted by Gasteiger charge is -2.27. The van der Waals surface area contributed by atoms with Gasteiger partial charge in [-0.05, 0) is 39.1 Å². The van der Waals surface area contributed by atoms with E-state index in [0.717, 1.165) is 30.2 Å². The van der Waals surface area contributed by atoms with Crippen LogP contribution in [0.1, 0.15) is 19.3 Å². The summed E-state index contributed by atoms with van der Waals surface area (Å²) >= 11 is 0. The molecule has 1 atom stereocenters. The predicted molar refractivity (Wildman–Crippen MR) is 77.5 cm³/mol. The first kappa shape index (κ1) is 12.5. The summed E-state index contributed by atoms with van der Waals surface area (Å²) < 4.78 is 5.89. The molecule has 3 rings (SSSR count). The van der Waals surface area contributed by atoms with Gasteiger partial charge in [-0.3, -0.25) is 0 Å². The Morgan fingerprint density at radius 1 is 1.26 bits per heavy atom. The number of oxazole rings is 1. The number of likely N-dealkylation sites (N-methyl/N-ethyl adjacent to an activating group) is 1. The second-order valence-electron chi connectivity index (χ2n) is 5.52. The summed E-state index contributed by atoms with van der Waals surface area (Å²) in [5.74, 6) is 0. The van der Waals surface area contributed by atoms with Crippen molar-refractivity contribution in [1.82, 2.24) is 9.88 Å². The fourth-order valence-electron chi connectivity index (χ4n) is 2.71. The van der Waals surface area contributed by atoms with E-state index < -0.39 is 0 Å². The van der Waals surface area contributed by atoms with Crippen LogP contribution in [0.5, 0.6) is 0 Å². The zero-order valence-corrected chi connectivity index (χ0v) is 11.7. The summed E-state index contributed by atoms with van der Waals surface area (Å²) in [5, 5.41) is 0. The molecule has 4 heteroatoms. The van der Waals surface area contributed by atoms with Gasteiger partial charge in [0.25, 0.3) is 6.01 Å². The standard InChI is InChI=1S/C15H21N3O/c1-17(2)12-7-5-6-10-18(11-12)15-16-13-8-3-4-9-14(13)19-15/h3-4,8-9,12H,5-7,10-11H2,1-2H3/t12-/m0/s1. The van der Waals surface area contributed by atoms with Crippen molar-refractivity contribution in [3.05, 3.63) is 24.3 Å². The maximum Gasteiger partial charge on any atom is 0.298 e. The Labute approximate surface area is 114 Å². The highest BCUT2D eigenvalue weighted by Crippen LogP contribution is 2.24. The van der Waals surface area contributed by atoms with Gasteiger partial charge in [-0.1, -0.05) is 18.6 Å². The molecule has 19 heavy (non-hydrogen) atoms. The molecule has 1 aliphatic heterocycles. The maximum absolute atomic E-state index is 5.89. The van der Waals surface area contributed by atoms with E-state index in [1.165, 1.54) is 19.3 Å². The molecule has 102 valence electrons. The quantitative estimate of drug-likeness (QED) is 0.830. The lowest BCUT2D eigenvalue weighted by molar-refractivity contribution is 0.283. The Kier molecular flexibility index (Phi) is 3.42. The third kappa shape index (κ3) is 2.59. The molecule has 1 saturated heterocycles. The van der Waals surface area contributed by atoms with E-state index >= 15 is 0 Å². The Bertz CT molecular complexity index is 516. The van der Waals surface area contributed by atoms with Gasteiger partial charge < -0.3 is 14.2 Å². The average molecular weight is 259 g/mol. The molecule has 0 unspecified atom stereocenters. The monoisotopic (exact) mass is 259 g/mol. The smallest absolute Gasteiger partial charge is 0.298 e. The third-order valence-electron chi connectivity index (χ3n) is 3.93. The van der Waals surface area contributed by atoms with Crippen LogP contribution in [0, 0.1) is 0 Å². The molecule has 0 saturated carbocycles. The van der Waals surface area contributed by atoms with Crippen LogP contribution < -0.4 is 4.90 Å². The number of rotatable bonds is 2. The number of fused-ring (bicyclic) bond motifs is 1. The van der Waals surface area contributed by atoms with Crippen LogP contribution in [-0.4, -0.2) is 43.1 Å². The van der Waals surface area contributed by atoms with E-state index in [1.54, 1.807) is 0 Å². The summed E-state index contributed by atoms with van der Waals surface area (Å²) in [6, 6.07) is 9.33. The molecule has 1 fully saturated rings. The minimum absolute atomic E-state index is 0.581. The maximum atomic E-state index is 5.89. The lowest BCUT2D eigenvalue weighted by Crippen LogP contribution is -2.39. The molecule has 1 aliphatic rings. The fourth-order valence-corrected chi connectivity index (χ4v) is 2.71. The van der Waals surface area contributed by atoms with E-state index in [4.69, 9.17) is 4.42 Å². The Hall–Kier alpha value is -1.55. The number of hydrogen-bond donors (Lipinski definition) is 0. The van der Waals surface area contributed by atoms with Crippen molar-refractivity contribution in [2.45, 2.75) is 25.3 Å². The number of benzene rings is 1. The summed E-state index contributed by atoms with van der Waals surface area (Å²) in [5.41, 5.74) is 1.83. The van der Waals surface area contributed by atoms with Gasteiger partial charge in [0.05, 0.1) is 0 Å². The van der Waals surface area contributed by atoms with Crippen molar-refractivity contribution in [2.75, 3.05) is 32.1 Å². The second-order valence-corrected chi connectivity index (χ2v) is 5.52. The van der Waals surface area contributed by atoms with Crippen LogP contribution in [0.15, 0.2) is 28.7 Å². The minimum atomic E-state index is 0.581. The fraction of sp³-hybridized carbons (Fsp3) is 0.533. The van der Waals surface area contributed by atoms with E-state index in [-0.39, 0.29) is 0 Å². The molecule has 1 aromatic carbocycles. The van der Waals surface area contributed by atoms with E-state index in [1.807, 2.05) is 24.3 Å². The zero-order valence-electron chi connectivity index (χ0n) is 11.7. The van der Waals surface area contributed by atoms with Crippen molar-refractivity contribution < 1.29 is 4.42 Å². The summed E-state index contributed by atoms with van der Waals surface area (Å²) in [7, 11) is 4.31. The second kappa shape index (κ2) is 5.21. The molecule has 0 spiro atoms. The highest BCUT2D eigenvalue weighted by Gasteiger charge is 2.22. The third-order valence-corrected chi connectivity index (χ3v) is 3.93. The van der Waals surface area contributed by atoms with Gasteiger partial charge >= 0.3 is 0 Å². The largest absolute Gasteiger partial charge is 0.423 e. The molecule has 0 amide bonds. The summed E-state index contributed by atoms with van der Waals surface area (Å²) in [6.45, 7) is 2.04. The molecule has 0 radical (unpaired) electrons. The van der Waals surface area contributed by atoms with Gasteiger partial charge in [-0.25, -0.2) is 0 Å². The summed E-state index contributed by atoms with van der Waals surface area (Å²) in [4.78, 5) is 9.21. The molecule has 0 bridgehead atoms. The Morgan fingerprint density at radius 3 is 2.89 bits per heavy atom. The molecule has 2 aromatic rings. The van der Waals surface area contributed by atoms with Crippen molar-refractivity contribution >= 4 is 17.1 Å². The average Bonchev–Trinajstić information content (AvgIpc) is 2.67. The first-order valence-electron chi connectivity index (χ1n) is 7.01. The SMILES string of the molecule is CN(C)[C@H]1CCCCN(c2nc3ccccc3o2)C1. The molecule has 2 heterocycles. The van der Waals surface area contributed by atoms with Gasteiger partial charge in [0.15, 0.2) is 5.58 Å². The highest BCUT2D eigenvalue weighted by atomic mass is 16.4. The summed E-state index contributed by atoms with van der Waals surface area (Å²) in [6.07, 6.45) is 3.74. The van der Waals surface area contributed by atoms with Crippen LogP contribution in [0.4, 0.5) is 6.01 Å². The predicted octanol–water partition coefficient (Wildman–Crippen LogP) is 2.75. The first-order valence-corrected chi connectivity index (χ1v) is 7.01. The van der Waals surface area contributed by atoms with Gasteiger partial charge in [0.2, 0.25) is 0 Å². The molecule has 0 N–H and O–H groups in total. The van der Waals surface area contributed by atoms with Gasteiger partial charge in [0, 0.05) is 19.1 Å². The molecular formula is C15H21N3O. The van der Waals surface area contributed by atoms with Crippen molar-refractivity contribution in [3.63, 3.8) is 0 Å². The molecule has 0 aliphatic carbocycles. The number of hydrogen-bond acceptors (Lipinski definition) is 4. The minimum Gasteiger partial charge on any atom is -0.423 e. The molecule has 1 aromatic heterocycles. The normalized spacial score (nSPS) is 21.0. The number of nitrogens with zero attached hydrogens (tertiary/aromatic N) is 3. The van der Waals surface area contributed by atoms with E-state index in [2.05, 4.69) is 28.9 Å². The highest BCUT2D eigenvalue weighted by molar-refractivity contribution is 5.74. The van der Waals surface area contributed by atoms with Crippen molar-refractivity contribution in [3.8, 4) is 0 Å². The van der Waals surface area contributed by atoms with Gasteiger partial charge in [0.1, 0.15) is 5.52 Å². The number of anilines is 1.